The molecular weight excluding hydrogens is 456 g/mol. The van der Waals surface area contributed by atoms with Crippen LogP contribution in [0.2, 0.25) is 0 Å². The number of fused-ring (bicyclic) bond motifs is 1. The van der Waals surface area contributed by atoms with Gasteiger partial charge in [-0.1, -0.05) is 24.3 Å². The fourth-order valence-electron chi connectivity index (χ4n) is 3.50. The highest BCUT2D eigenvalue weighted by Crippen LogP contribution is 2.20. The Morgan fingerprint density at radius 2 is 1.86 bits per heavy atom. The van der Waals surface area contributed by atoms with Crippen LogP contribution in [-0.4, -0.2) is 39.6 Å². The topological polar surface area (TPSA) is 127 Å². The van der Waals surface area contributed by atoms with Gasteiger partial charge in [0, 0.05) is 25.4 Å². The highest BCUT2D eigenvalue weighted by molar-refractivity contribution is 6.07. The number of nitriles is 1. The van der Waals surface area contributed by atoms with Crippen LogP contribution in [0.15, 0.2) is 72.9 Å². The Labute approximate surface area is 209 Å². The van der Waals surface area contributed by atoms with E-state index in [1.165, 1.54) is 4.90 Å². The van der Waals surface area contributed by atoms with E-state index < -0.39 is 0 Å². The summed E-state index contributed by atoms with van der Waals surface area (Å²) in [6, 6.07) is 21.8. The normalized spacial score (nSPS) is 10.2. The van der Waals surface area contributed by atoms with Gasteiger partial charge in [0.05, 0.1) is 42.2 Å². The fourth-order valence-corrected chi connectivity index (χ4v) is 3.50. The third kappa shape index (κ3) is 6.52. The number of benzene rings is 2. The first-order chi connectivity index (χ1) is 17.5. The third-order valence-electron chi connectivity index (χ3n) is 5.32. The lowest BCUT2D eigenvalue weighted by Crippen LogP contribution is -2.34. The maximum atomic E-state index is 13.2. The predicted molar refractivity (Wildman–Crippen MR) is 137 cm³/mol. The standard InChI is InChI=1S/C20H23N5O3.C7H5N/c1-3-28-19(26)9-11-25(17-6-4-5-10-22-17)20(27)14-7-8-16-15(12-14)23-18(13-21)24(16)2;8-6-7-4-2-1-3-5-7/h4-8,10,12H,3,9,11,13,21H2,1-2H3;1-5H. The average Bonchev–Trinajstić information content (AvgIpc) is 3.25. The van der Waals surface area contributed by atoms with E-state index in [4.69, 9.17) is 15.7 Å². The summed E-state index contributed by atoms with van der Waals surface area (Å²) >= 11 is 0. The van der Waals surface area contributed by atoms with Crippen LogP contribution in [0.25, 0.3) is 11.0 Å². The number of nitrogens with zero attached hydrogens (tertiary/aromatic N) is 5. The van der Waals surface area contributed by atoms with Gasteiger partial charge in [-0.15, -0.1) is 0 Å². The molecule has 9 nitrogen and oxygen atoms in total. The number of esters is 1. The van der Waals surface area contributed by atoms with Crippen molar-refractivity contribution in [3.05, 3.63) is 89.9 Å². The number of nitrogens with two attached hydrogens (primary N) is 1. The van der Waals surface area contributed by atoms with Crippen molar-refractivity contribution in [1.82, 2.24) is 14.5 Å². The van der Waals surface area contributed by atoms with E-state index in [2.05, 4.69) is 9.97 Å². The van der Waals surface area contributed by atoms with Gasteiger partial charge in [-0.3, -0.25) is 14.5 Å². The summed E-state index contributed by atoms with van der Waals surface area (Å²) in [5, 5.41) is 8.29. The molecule has 2 N–H and O–H groups in total. The lowest BCUT2D eigenvalue weighted by atomic mass is 10.1. The molecule has 0 saturated heterocycles. The minimum absolute atomic E-state index is 0.0826. The van der Waals surface area contributed by atoms with Crippen molar-refractivity contribution in [2.75, 3.05) is 18.1 Å². The van der Waals surface area contributed by atoms with Gasteiger partial charge in [-0.25, -0.2) is 9.97 Å². The van der Waals surface area contributed by atoms with E-state index in [1.54, 1.807) is 55.6 Å². The van der Waals surface area contributed by atoms with E-state index in [9.17, 15) is 9.59 Å². The summed E-state index contributed by atoms with van der Waals surface area (Å²) < 4.78 is 6.88. The Kier molecular flexibility index (Phi) is 9.26. The van der Waals surface area contributed by atoms with Crippen LogP contribution in [-0.2, 0) is 23.1 Å². The van der Waals surface area contributed by atoms with Gasteiger partial charge in [0.1, 0.15) is 11.6 Å². The predicted octanol–water partition coefficient (Wildman–Crippen LogP) is 3.59. The molecule has 2 aromatic heterocycles. The summed E-state index contributed by atoms with van der Waals surface area (Å²) in [6.45, 7) is 2.53. The smallest absolute Gasteiger partial charge is 0.307 e. The molecule has 0 radical (unpaired) electrons. The number of anilines is 1. The first-order valence-electron chi connectivity index (χ1n) is 11.5. The van der Waals surface area contributed by atoms with Crippen molar-refractivity contribution in [2.45, 2.75) is 19.9 Å². The molecule has 0 bridgehead atoms. The Morgan fingerprint density at radius 1 is 1.11 bits per heavy atom. The molecule has 1 amide bonds. The summed E-state index contributed by atoms with van der Waals surface area (Å²) in [7, 11) is 1.89. The van der Waals surface area contributed by atoms with Crippen LogP contribution in [0.1, 0.15) is 35.1 Å². The zero-order valence-corrected chi connectivity index (χ0v) is 20.3. The van der Waals surface area contributed by atoms with E-state index in [0.29, 0.717) is 35.6 Å². The molecule has 0 aliphatic rings. The van der Waals surface area contributed by atoms with Gasteiger partial charge < -0.3 is 15.0 Å². The SMILES string of the molecule is CCOC(=O)CCN(C(=O)c1ccc2c(c1)nc(CN)n2C)c1ccccn1.N#Cc1ccccc1. The van der Waals surface area contributed by atoms with E-state index in [0.717, 1.165) is 11.3 Å². The molecule has 4 aromatic rings. The number of aryl methyl sites for hydroxylation is 1. The van der Waals surface area contributed by atoms with Gasteiger partial charge in [0.25, 0.3) is 5.91 Å². The molecule has 0 spiro atoms. The molecule has 0 unspecified atom stereocenters. The zero-order chi connectivity index (χ0) is 25.9. The molecule has 4 rings (SSSR count). The van der Waals surface area contributed by atoms with Crippen LogP contribution in [0, 0.1) is 11.3 Å². The van der Waals surface area contributed by atoms with E-state index in [-0.39, 0.29) is 24.8 Å². The van der Waals surface area contributed by atoms with Gasteiger partial charge >= 0.3 is 5.97 Å². The Morgan fingerprint density at radius 3 is 2.47 bits per heavy atom. The third-order valence-corrected chi connectivity index (χ3v) is 5.32. The molecule has 2 aromatic carbocycles. The van der Waals surface area contributed by atoms with Crippen molar-refractivity contribution in [2.24, 2.45) is 12.8 Å². The lowest BCUT2D eigenvalue weighted by molar-refractivity contribution is -0.142. The van der Waals surface area contributed by atoms with Crippen molar-refractivity contribution in [3.63, 3.8) is 0 Å². The van der Waals surface area contributed by atoms with Crippen molar-refractivity contribution >= 4 is 28.7 Å². The monoisotopic (exact) mass is 484 g/mol. The first-order valence-corrected chi connectivity index (χ1v) is 11.5. The number of rotatable bonds is 7. The number of aromatic nitrogens is 3. The first kappa shape index (κ1) is 26.1. The summed E-state index contributed by atoms with van der Waals surface area (Å²) in [5.41, 5.74) is 8.49. The lowest BCUT2D eigenvalue weighted by Gasteiger charge is -2.21. The molecule has 184 valence electrons. The Bertz CT molecular complexity index is 1350. The summed E-state index contributed by atoms with van der Waals surface area (Å²) in [6.07, 6.45) is 1.69. The maximum absolute atomic E-state index is 13.2. The van der Waals surface area contributed by atoms with Gasteiger partial charge in [0.2, 0.25) is 0 Å². The van der Waals surface area contributed by atoms with Crippen molar-refractivity contribution in [3.8, 4) is 6.07 Å². The van der Waals surface area contributed by atoms with Crippen molar-refractivity contribution in [1.29, 1.82) is 5.26 Å². The molecule has 2 heterocycles. The molecule has 0 atom stereocenters. The number of hydrogen-bond acceptors (Lipinski definition) is 7. The molecule has 0 fully saturated rings. The second kappa shape index (κ2) is 12.8. The highest BCUT2D eigenvalue weighted by atomic mass is 16.5. The van der Waals surface area contributed by atoms with Crippen LogP contribution < -0.4 is 10.6 Å². The zero-order valence-electron chi connectivity index (χ0n) is 20.3. The number of pyridine rings is 1. The van der Waals surface area contributed by atoms with Gasteiger partial charge in [0.15, 0.2) is 0 Å². The largest absolute Gasteiger partial charge is 0.466 e. The van der Waals surface area contributed by atoms with Crippen molar-refractivity contribution < 1.29 is 14.3 Å². The quantitative estimate of drug-likeness (QED) is 0.397. The van der Waals surface area contributed by atoms with Crippen LogP contribution in [0.4, 0.5) is 5.82 Å². The van der Waals surface area contributed by atoms with Gasteiger partial charge in [-0.2, -0.15) is 5.26 Å². The molecular formula is C27H28N6O3. The molecule has 0 aliphatic heterocycles. The average molecular weight is 485 g/mol. The summed E-state index contributed by atoms with van der Waals surface area (Å²) in [4.78, 5) is 35.2. The number of imidazole rings is 1. The minimum atomic E-state index is -0.357. The van der Waals surface area contributed by atoms with Crippen LogP contribution in [0.5, 0.6) is 0 Å². The number of carbonyl (C=O) groups excluding carboxylic acids is 2. The summed E-state index contributed by atoms with van der Waals surface area (Å²) in [5.74, 6) is 0.595. The second-order valence-corrected chi connectivity index (χ2v) is 7.67. The molecule has 36 heavy (non-hydrogen) atoms. The number of amides is 1. The fraction of sp³-hybridized carbons (Fsp3) is 0.222. The van der Waals surface area contributed by atoms with Gasteiger partial charge in [-0.05, 0) is 49.4 Å². The van der Waals surface area contributed by atoms with E-state index >= 15 is 0 Å². The molecule has 0 saturated carbocycles. The number of hydrogen-bond donors (Lipinski definition) is 1. The maximum Gasteiger partial charge on any atom is 0.307 e. The molecule has 9 heteroatoms. The number of ether oxygens (including phenoxy) is 1. The Hall–Kier alpha value is -4.55. The minimum Gasteiger partial charge on any atom is -0.466 e. The molecule has 0 aliphatic carbocycles. The van der Waals surface area contributed by atoms with E-state index in [1.807, 2.05) is 41.9 Å². The highest BCUT2D eigenvalue weighted by Gasteiger charge is 2.21. The van der Waals surface area contributed by atoms with Crippen LogP contribution in [0.3, 0.4) is 0 Å². The second-order valence-electron chi connectivity index (χ2n) is 7.67. The Balaban J connectivity index is 0.000000383. The number of carbonyl (C=O) groups is 2. The van der Waals surface area contributed by atoms with Crippen LogP contribution >= 0.6 is 0 Å².